The molecule has 0 spiro atoms. The standard InChI is InChI=1S/C19H18ClFN2O2S/c20-15-1-4-17(5-2-15)26(24,25)23-9-7-13(8-10-23)19-12-14-11-16(21)3-6-18(14)22-19/h1-6,11-13,22H,7-10H2. The summed E-state index contributed by atoms with van der Waals surface area (Å²) >= 11 is 5.84. The first-order chi connectivity index (χ1) is 12.4. The summed E-state index contributed by atoms with van der Waals surface area (Å²) in [5.74, 6) is -0.0194. The first-order valence-corrected chi connectivity index (χ1v) is 10.3. The van der Waals surface area contributed by atoms with Gasteiger partial charge in [0.1, 0.15) is 5.82 Å². The summed E-state index contributed by atoms with van der Waals surface area (Å²) < 4.78 is 40.4. The van der Waals surface area contributed by atoms with Gasteiger partial charge in [-0.3, -0.25) is 0 Å². The number of nitrogens with zero attached hydrogens (tertiary/aromatic N) is 1. The molecule has 0 unspecified atom stereocenters. The van der Waals surface area contributed by atoms with Crippen molar-refractivity contribution in [3.63, 3.8) is 0 Å². The molecule has 4 nitrogen and oxygen atoms in total. The summed E-state index contributed by atoms with van der Waals surface area (Å²) in [4.78, 5) is 3.60. The van der Waals surface area contributed by atoms with Crippen LogP contribution >= 0.6 is 11.6 Å². The first kappa shape index (κ1) is 17.5. The van der Waals surface area contributed by atoms with Gasteiger partial charge in [0.15, 0.2) is 0 Å². The molecular formula is C19H18ClFN2O2S. The summed E-state index contributed by atoms with van der Waals surface area (Å²) in [5, 5.41) is 1.36. The molecule has 0 aliphatic carbocycles. The number of aromatic nitrogens is 1. The van der Waals surface area contributed by atoms with Gasteiger partial charge >= 0.3 is 0 Å². The molecule has 0 amide bonds. The Morgan fingerprint density at radius 2 is 1.73 bits per heavy atom. The molecule has 1 aliphatic heterocycles. The first-order valence-electron chi connectivity index (χ1n) is 8.47. The molecule has 0 saturated carbocycles. The lowest BCUT2D eigenvalue weighted by Gasteiger charge is -2.30. The number of hydrogen-bond acceptors (Lipinski definition) is 2. The van der Waals surface area contributed by atoms with Crippen LogP contribution in [0.15, 0.2) is 53.4 Å². The summed E-state index contributed by atoms with van der Waals surface area (Å²) in [7, 11) is -3.50. The van der Waals surface area contributed by atoms with Gasteiger partial charge in [-0.05, 0) is 61.4 Å². The summed E-state index contributed by atoms with van der Waals surface area (Å²) in [6.07, 6.45) is 1.45. The third-order valence-corrected chi connectivity index (χ3v) is 7.11. The number of fused-ring (bicyclic) bond motifs is 1. The van der Waals surface area contributed by atoms with E-state index < -0.39 is 10.0 Å². The van der Waals surface area contributed by atoms with Crippen LogP contribution in [-0.2, 0) is 10.0 Å². The van der Waals surface area contributed by atoms with E-state index in [2.05, 4.69) is 4.98 Å². The Morgan fingerprint density at radius 3 is 2.42 bits per heavy atom. The monoisotopic (exact) mass is 392 g/mol. The molecule has 1 saturated heterocycles. The molecule has 2 heterocycles. The van der Waals surface area contributed by atoms with Crippen molar-refractivity contribution in [1.82, 2.24) is 9.29 Å². The lowest BCUT2D eigenvalue weighted by Crippen LogP contribution is -2.37. The fourth-order valence-corrected chi connectivity index (χ4v) is 5.10. The number of sulfonamides is 1. The van der Waals surface area contributed by atoms with Crippen LogP contribution in [-0.4, -0.2) is 30.8 Å². The Labute approximate surface area is 156 Å². The SMILES string of the molecule is O=S(=O)(c1ccc(Cl)cc1)N1CCC(c2cc3cc(F)ccc3[nH]2)CC1. The number of rotatable bonds is 3. The van der Waals surface area contributed by atoms with Crippen LogP contribution in [0.25, 0.3) is 10.9 Å². The van der Waals surface area contributed by atoms with Gasteiger partial charge in [-0.2, -0.15) is 4.31 Å². The summed E-state index contributed by atoms with van der Waals surface area (Å²) in [6.45, 7) is 0.915. The highest BCUT2D eigenvalue weighted by atomic mass is 35.5. The highest BCUT2D eigenvalue weighted by Crippen LogP contribution is 2.32. The summed E-state index contributed by atoms with van der Waals surface area (Å²) in [5.41, 5.74) is 1.94. The number of nitrogens with one attached hydrogen (secondary N) is 1. The molecule has 3 aromatic rings. The van der Waals surface area contributed by atoms with Gasteiger partial charge in [-0.15, -0.1) is 0 Å². The smallest absolute Gasteiger partial charge is 0.243 e. The van der Waals surface area contributed by atoms with Gasteiger partial charge in [0, 0.05) is 40.6 Å². The van der Waals surface area contributed by atoms with Crippen LogP contribution in [0, 0.1) is 5.82 Å². The van der Waals surface area contributed by atoms with E-state index in [1.54, 1.807) is 18.2 Å². The van der Waals surface area contributed by atoms with Crippen molar-refractivity contribution in [2.75, 3.05) is 13.1 Å². The molecule has 2 aromatic carbocycles. The number of halogens is 2. The van der Waals surface area contributed by atoms with E-state index in [0.717, 1.165) is 29.4 Å². The quantitative estimate of drug-likeness (QED) is 0.712. The van der Waals surface area contributed by atoms with E-state index in [9.17, 15) is 12.8 Å². The van der Waals surface area contributed by atoms with Crippen molar-refractivity contribution in [3.05, 3.63) is 65.1 Å². The Hall–Kier alpha value is -1.89. The predicted molar refractivity (Wildman–Crippen MR) is 100 cm³/mol. The van der Waals surface area contributed by atoms with Crippen molar-refractivity contribution >= 4 is 32.5 Å². The van der Waals surface area contributed by atoms with E-state index in [1.165, 1.54) is 28.6 Å². The maximum atomic E-state index is 13.4. The Balaban J connectivity index is 1.50. The Morgan fingerprint density at radius 1 is 1.04 bits per heavy atom. The van der Waals surface area contributed by atoms with Crippen LogP contribution in [0.5, 0.6) is 0 Å². The van der Waals surface area contributed by atoms with Crippen LogP contribution in [0.1, 0.15) is 24.5 Å². The van der Waals surface area contributed by atoms with E-state index >= 15 is 0 Å². The largest absolute Gasteiger partial charge is 0.358 e. The van der Waals surface area contributed by atoms with Gasteiger partial charge in [0.2, 0.25) is 10.0 Å². The van der Waals surface area contributed by atoms with Crippen molar-refractivity contribution in [2.24, 2.45) is 0 Å². The third-order valence-electron chi connectivity index (χ3n) is 4.95. The minimum atomic E-state index is -3.50. The minimum Gasteiger partial charge on any atom is -0.358 e. The molecule has 0 bridgehead atoms. The number of aromatic amines is 1. The summed E-state index contributed by atoms with van der Waals surface area (Å²) in [6, 6.07) is 12.9. The van der Waals surface area contributed by atoms with Crippen molar-refractivity contribution < 1.29 is 12.8 Å². The predicted octanol–water partition coefficient (Wildman–Crippen LogP) is 4.53. The molecule has 7 heteroatoms. The Bertz CT molecular complexity index is 1040. The Kier molecular flexibility index (Phi) is 4.50. The number of hydrogen-bond donors (Lipinski definition) is 1. The average Bonchev–Trinajstić information content (AvgIpc) is 3.05. The second-order valence-corrected chi connectivity index (χ2v) is 8.96. The van der Waals surface area contributed by atoms with Crippen LogP contribution in [0.2, 0.25) is 5.02 Å². The third kappa shape index (κ3) is 3.24. The number of H-pyrrole nitrogens is 1. The molecule has 136 valence electrons. The molecule has 1 aromatic heterocycles. The molecule has 26 heavy (non-hydrogen) atoms. The van der Waals surface area contributed by atoms with Gasteiger partial charge in [0.05, 0.1) is 4.90 Å². The lowest BCUT2D eigenvalue weighted by atomic mass is 9.95. The molecule has 1 aliphatic rings. The van der Waals surface area contributed by atoms with Crippen LogP contribution in [0.3, 0.4) is 0 Å². The highest BCUT2D eigenvalue weighted by molar-refractivity contribution is 7.89. The van der Waals surface area contributed by atoms with E-state index in [0.29, 0.717) is 18.1 Å². The maximum absolute atomic E-state index is 13.4. The highest BCUT2D eigenvalue weighted by Gasteiger charge is 2.30. The van der Waals surface area contributed by atoms with Crippen LogP contribution in [0.4, 0.5) is 4.39 Å². The molecular weight excluding hydrogens is 375 g/mol. The molecule has 0 radical (unpaired) electrons. The second-order valence-electron chi connectivity index (χ2n) is 6.59. The molecule has 1 N–H and O–H groups in total. The minimum absolute atomic E-state index is 0.238. The number of benzene rings is 2. The van der Waals surface area contributed by atoms with Gasteiger partial charge < -0.3 is 4.98 Å². The lowest BCUT2D eigenvalue weighted by molar-refractivity contribution is 0.317. The van der Waals surface area contributed by atoms with Crippen molar-refractivity contribution in [2.45, 2.75) is 23.7 Å². The van der Waals surface area contributed by atoms with Gasteiger partial charge in [-0.1, -0.05) is 11.6 Å². The zero-order chi connectivity index (χ0) is 18.3. The van der Waals surface area contributed by atoms with Crippen LogP contribution < -0.4 is 0 Å². The topological polar surface area (TPSA) is 53.2 Å². The second kappa shape index (κ2) is 6.68. The number of piperidine rings is 1. The molecule has 4 rings (SSSR count). The average molecular weight is 393 g/mol. The fraction of sp³-hybridized carbons (Fsp3) is 0.263. The van der Waals surface area contributed by atoms with E-state index in [4.69, 9.17) is 11.6 Å². The zero-order valence-corrected chi connectivity index (χ0v) is 15.5. The van der Waals surface area contributed by atoms with E-state index in [-0.39, 0.29) is 16.6 Å². The molecule has 0 atom stereocenters. The van der Waals surface area contributed by atoms with Gasteiger partial charge in [-0.25, -0.2) is 12.8 Å². The maximum Gasteiger partial charge on any atom is 0.243 e. The molecule has 1 fully saturated rings. The zero-order valence-electron chi connectivity index (χ0n) is 14.0. The normalized spacial score (nSPS) is 17.0. The van der Waals surface area contributed by atoms with E-state index in [1.807, 2.05) is 6.07 Å². The van der Waals surface area contributed by atoms with Gasteiger partial charge in [0.25, 0.3) is 0 Å². The van der Waals surface area contributed by atoms with Crippen molar-refractivity contribution in [1.29, 1.82) is 0 Å². The van der Waals surface area contributed by atoms with Crippen molar-refractivity contribution in [3.8, 4) is 0 Å². The fourth-order valence-electron chi connectivity index (χ4n) is 3.51.